The Morgan fingerprint density at radius 2 is 2.03 bits per heavy atom. The summed E-state index contributed by atoms with van der Waals surface area (Å²) in [6.45, 7) is 2.17. The highest BCUT2D eigenvalue weighted by molar-refractivity contribution is 5.77. The van der Waals surface area contributed by atoms with E-state index in [-0.39, 0.29) is 24.2 Å². The van der Waals surface area contributed by atoms with Gasteiger partial charge >= 0.3 is 6.03 Å². The Bertz CT molecular complexity index is 1130. The molecule has 3 amide bonds. The van der Waals surface area contributed by atoms with E-state index in [1.54, 1.807) is 22.8 Å². The summed E-state index contributed by atoms with van der Waals surface area (Å²) in [5, 5.41) is 10.3. The standard InChI is InChI=1S/C24H26FN5O3/c1-33-21-8-6-20(7-9-21)30-22(17-3-2-4-18(25)15-17)16-19(28-30)5-10-23(31)26-11-13-29-14-12-27-24(29)32/h2-4,6-9,15-16H,5,10-14H2,1H3,(H,26,31)(H,27,32). The molecule has 3 aromatic rings. The number of benzene rings is 2. The van der Waals surface area contributed by atoms with Crippen LogP contribution < -0.4 is 15.4 Å². The number of halogens is 1. The Morgan fingerprint density at radius 3 is 2.73 bits per heavy atom. The number of carbonyl (C=O) groups excluding carboxylic acids is 2. The lowest BCUT2D eigenvalue weighted by Crippen LogP contribution is -2.36. The van der Waals surface area contributed by atoms with Crippen LogP contribution in [0.15, 0.2) is 54.6 Å². The first kappa shape index (κ1) is 22.3. The van der Waals surface area contributed by atoms with Crippen molar-refractivity contribution < 1.29 is 18.7 Å². The molecule has 0 bridgehead atoms. The van der Waals surface area contributed by atoms with Crippen molar-refractivity contribution in [3.63, 3.8) is 0 Å². The Balaban J connectivity index is 1.45. The topological polar surface area (TPSA) is 88.5 Å². The van der Waals surface area contributed by atoms with E-state index in [0.717, 1.165) is 22.8 Å². The third-order valence-corrected chi connectivity index (χ3v) is 5.45. The van der Waals surface area contributed by atoms with E-state index in [2.05, 4.69) is 15.7 Å². The number of ether oxygens (including phenoxy) is 1. The van der Waals surface area contributed by atoms with E-state index < -0.39 is 0 Å². The molecular weight excluding hydrogens is 425 g/mol. The summed E-state index contributed by atoms with van der Waals surface area (Å²) in [4.78, 5) is 25.5. The molecule has 8 nitrogen and oxygen atoms in total. The number of hydrogen-bond donors (Lipinski definition) is 2. The van der Waals surface area contributed by atoms with Crippen LogP contribution in [0.3, 0.4) is 0 Å². The maximum absolute atomic E-state index is 13.9. The lowest BCUT2D eigenvalue weighted by molar-refractivity contribution is -0.121. The van der Waals surface area contributed by atoms with E-state index in [9.17, 15) is 14.0 Å². The Labute approximate surface area is 191 Å². The van der Waals surface area contributed by atoms with Crippen LogP contribution >= 0.6 is 0 Å². The molecule has 0 spiro atoms. The van der Waals surface area contributed by atoms with Crippen LogP contribution in [0, 0.1) is 5.82 Å². The maximum atomic E-state index is 13.9. The van der Waals surface area contributed by atoms with Crippen LogP contribution in [-0.4, -0.2) is 59.9 Å². The molecule has 0 aliphatic carbocycles. The van der Waals surface area contributed by atoms with Gasteiger partial charge in [0.1, 0.15) is 11.6 Å². The average Bonchev–Trinajstić information content (AvgIpc) is 3.44. The second kappa shape index (κ2) is 10.2. The number of aromatic nitrogens is 2. The molecule has 1 aromatic heterocycles. The second-order valence-electron chi connectivity index (χ2n) is 7.71. The first-order chi connectivity index (χ1) is 16.0. The van der Waals surface area contributed by atoms with Crippen molar-refractivity contribution in [1.82, 2.24) is 25.3 Å². The molecule has 1 fully saturated rings. The highest BCUT2D eigenvalue weighted by atomic mass is 19.1. The first-order valence-corrected chi connectivity index (χ1v) is 10.8. The summed E-state index contributed by atoms with van der Waals surface area (Å²) >= 11 is 0. The zero-order valence-electron chi connectivity index (χ0n) is 18.4. The van der Waals surface area contributed by atoms with Gasteiger partial charge < -0.3 is 20.3 Å². The van der Waals surface area contributed by atoms with E-state index in [0.29, 0.717) is 38.2 Å². The predicted molar refractivity (Wildman–Crippen MR) is 122 cm³/mol. The Morgan fingerprint density at radius 1 is 1.21 bits per heavy atom. The third kappa shape index (κ3) is 5.49. The van der Waals surface area contributed by atoms with Crippen LogP contribution in [0.1, 0.15) is 12.1 Å². The number of carbonyl (C=O) groups is 2. The average molecular weight is 452 g/mol. The number of nitrogens with one attached hydrogen (secondary N) is 2. The molecule has 2 N–H and O–H groups in total. The summed E-state index contributed by atoms with van der Waals surface area (Å²) in [7, 11) is 1.60. The van der Waals surface area contributed by atoms with E-state index in [1.165, 1.54) is 12.1 Å². The molecule has 0 saturated carbocycles. The van der Waals surface area contributed by atoms with Gasteiger partial charge in [-0.1, -0.05) is 12.1 Å². The van der Waals surface area contributed by atoms with Crippen molar-refractivity contribution in [1.29, 1.82) is 0 Å². The van der Waals surface area contributed by atoms with E-state index >= 15 is 0 Å². The second-order valence-corrected chi connectivity index (χ2v) is 7.71. The zero-order valence-corrected chi connectivity index (χ0v) is 18.4. The summed E-state index contributed by atoms with van der Waals surface area (Å²) in [6, 6.07) is 15.5. The van der Waals surface area contributed by atoms with Crippen LogP contribution in [0.25, 0.3) is 16.9 Å². The minimum Gasteiger partial charge on any atom is -0.497 e. The number of nitrogens with zero attached hydrogens (tertiary/aromatic N) is 3. The number of methoxy groups -OCH3 is 1. The highest BCUT2D eigenvalue weighted by Crippen LogP contribution is 2.26. The highest BCUT2D eigenvalue weighted by Gasteiger charge is 2.19. The number of urea groups is 1. The maximum Gasteiger partial charge on any atom is 0.317 e. The normalized spacial score (nSPS) is 13.2. The quantitative estimate of drug-likeness (QED) is 0.524. The van der Waals surface area contributed by atoms with Gasteiger partial charge in [-0.15, -0.1) is 0 Å². The minimum atomic E-state index is -0.331. The van der Waals surface area contributed by atoms with Gasteiger partial charge in [-0.05, 0) is 42.5 Å². The number of hydrogen-bond acceptors (Lipinski definition) is 4. The molecule has 1 aliphatic rings. The monoisotopic (exact) mass is 451 g/mol. The Hall–Kier alpha value is -3.88. The summed E-state index contributed by atoms with van der Waals surface area (Å²) < 4.78 is 20.8. The molecule has 172 valence electrons. The number of aryl methyl sites for hydroxylation is 1. The Kier molecular flexibility index (Phi) is 6.87. The van der Waals surface area contributed by atoms with Gasteiger partial charge in [-0.2, -0.15) is 5.10 Å². The molecule has 0 atom stereocenters. The molecular formula is C24H26FN5O3. The number of rotatable bonds is 9. The van der Waals surface area contributed by atoms with Crippen LogP contribution in [0.2, 0.25) is 0 Å². The molecule has 0 unspecified atom stereocenters. The fourth-order valence-corrected chi connectivity index (χ4v) is 3.71. The van der Waals surface area contributed by atoms with Gasteiger partial charge in [0, 0.05) is 44.6 Å². The lowest BCUT2D eigenvalue weighted by atomic mass is 10.1. The summed E-state index contributed by atoms with van der Waals surface area (Å²) in [6.07, 6.45) is 0.690. The summed E-state index contributed by atoms with van der Waals surface area (Å²) in [5.41, 5.74) is 2.95. The largest absolute Gasteiger partial charge is 0.497 e. The molecule has 9 heteroatoms. The van der Waals surface area contributed by atoms with Gasteiger partial charge in [0.15, 0.2) is 0 Å². The SMILES string of the molecule is COc1ccc(-n2nc(CCC(=O)NCCN3CCNC3=O)cc2-c2cccc(F)c2)cc1. The van der Waals surface area contributed by atoms with Crippen LogP contribution in [-0.2, 0) is 11.2 Å². The molecule has 0 radical (unpaired) electrons. The minimum absolute atomic E-state index is 0.0989. The fraction of sp³-hybridized carbons (Fsp3) is 0.292. The zero-order chi connectivity index (χ0) is 23.2. The van der Waals surface area contributed by atoms with Gasteiger partial charge in [-0.3, -0.25) is 4.79 Å². The smallest absolute Gasteiger partial charge is 0.317 e. The van der Waals surface area contributed by atoms with Crippen molar-refractivity contribution in [2.45, 2.75) is 12.8 Å². The fourth-order valence-electron chi connectivity index (χ4n) is 3.71. The molecule has 2 aromatic carbocycles. The molecule has 1 aliphatic heterocycles. The van der Waals surface area contributed by atoms with Crippen molar-refractivity contribution in [2.24, 2.45) is 0 Å². The van der Waals surface area contributed by atoms with Crippen LogP contribution in [0.5, 0.6) is 5.75 Å². The van der Waals surface area contributed by atoms with Crippen molar-refractivity contribution in [2.75, 3.05) is 33.3 Å². The van der Waals surface area contributed by atoms with E-state index in [4.69, 9.17) is 4.74 Å². The number of amides is 3. The predicted octanol–water partition coefficient (Wildman–Crippen LogP) is 2.76. The first-order valence-electron chi connectivity index (χ1n) is 10.8. The van der Waals surface area contributed by atoms with Crippen molar-refractivity contribution in [3.8, 4) is 22.7 Å². The lowest BCUT2D eigenvalue weighted by Gasteiger charge is -2.14. The third-order valence-electron chi connectivity index (χ3n) is 5.45. The summed E-state index contributed by atoms with van der Waals surface area (Å²) in [5.74, 6) is 0.282. The van der Waals surface area contributed by atoms with E-state index in [1.807, 2.05) is 36.4 Å². The van der Waals surface area contributed by atoms with Gasteiger partial charge in [0.25, 0.3) is 0 Å². The van der Waals surface area contributed by atoms with Crippen molar-refractivity contribution >= 4 is 11.9 Å². The molecule has 33 heavy (non-hydrogen) atoms. The molecule has 4 rings (SSSR count). The van der Waals surface area contributed by atoms with Gasteiger partial charge in [-0.25, -0.2) is 13.9 Å². The van der Waals surface area contributed by atoms with Crippen LogP contribution in [0.4, 0.5) is 9.18 Å². The molecule has 1 saturated heterocycles. The van der Waals surface area contributed by atoms with Gasteiger partial charge in [0.2, 0.25) is 5.91 Å². The van der Waals surface area contributed by atoms with Gasteiger partial charge in [0.05, 0.1) is 24.2 Å². The molecule has 2 heterocycles. The van der Waals surface area contributed by atoms with Crippen molar-refractivity contribution in [3.05, 3.63) is 66.1 Å².